The standard InChI is InChI=1S/C21H35N3O/c1-18(2)21(25)6-4-5-11-23-12-14-24(15-13-23)17-20-9-7-19(8-10-20)16-22-3/h7-10,18,22H,4-6,11-17H2,1-3H3. The number of unbranched alkanes of at least 4 members (excludes halogenated alkanes) is 1. The topological polar surface area (TPSA) is 35.6 Å². The summed E-state index contributed by atoms with van der Waals surface area (Å²) in [5, 5.41) is 3.19. The number of piperazine rings is 1. The number of ketones is 1. The van der Waals surface area contributed by atoms with Gasteiger partial charge < -0.3 is 10.2 Å². The van der Waals surface area contributed by atoms with Crippen LogP contribution in [0.2, 0.25) is 0 Å². The molecule has 1 fully saturated rings. The van der Waals surface area contributed by atoms with Gasteiger partial charge in [-0.25, -0.2) is 0 Å². The lowest BCUT2D eigenvalue weighted by Crippen LogP contribution is -2.46. The van der Waals surface area contributed by atoms with E-state index in [4.69, 9.17) is 0 Å². The van der Waals surface area contributed by atoms with Crippen molar-refractivity contribution < 1.29 is 4.79 Å². The lowest BCUT2D eigenvalue weighted by molar-refractivity contribution is -0.122. The molecule has 0 spiro atoms. The fourth-order valence-corrected chi connectivity index (χ4v) is 3.32. The van der Waals surface area contributed by atoms with Gasteiger partial charge in [0.2, 0.25) is 0 Å². The first kappa shape index (κ1) is 20.1. The zero-order chi connectivity index (χ0) is 18.1. The minimum atomic E-state index is 0.191. The van der Waals surface area contributed by atoms with Gasteiger partial charge >= 0.3 is 0 Å². The Labute approximate surface area is 153 Å². The van der Waals surface area contributed by atoms with Gasteiger partial charge in [-0.2, -0.15) is 0 Å². The largest absolute Gasteiger partial charge is 0.316 e. The Kier molecular flexibility index (Phi) is 8.59. The third kappa shape index (κ3) is 7.27. The second-order valence-corrected chi connectivity index (χ2v) is 7.54. The molecule has 140 valence electrons. The van der Waals surface area contributed by atoms with Crippen LogP contribution >= 0.6 is 0 Å². The SMILES string of the molecule is CNCc1ccc(CN2CCN(CCCCC(=O)C(C)C)CC2)cc1. The number of hydrogen-bond acceptors (Lipinski definition) is 4. The van der Waals surface area contributed by atoms with Crippen LogP contribution in [0.3, 0.4) is 0 Å². The van der Waals surface area contributed by atoms with Crippen molar-refractivity contribution in [3.8, 4) is 0 Å². The Morgan fingerprint density at radius 3 is 2.20 bits per heavy atom. The average molecular weight is 346 g/mol. The molecule has 1 aliphatic rings. The smallest absolute Gasteiger partial charge is 0.135 e. The summed E-state index contributed by atoms with van der Waals surface area (Å²) in [4.78, 5) is 16.7. The summed E-state index contributed by atoms with van der Waals surface area (Å²) >= 11 is 0. The van der Waals surface area contributed by atoms with Crippen LogP contribution < -0.4 is 5.32 Å². The molecule has 0 unspecified atom stereocenters. The molecule has 1 aromatic carbocycles. The molecule has 0 aromatic heterocycles. The minimum absolute atomic E-state index is 0.191. The third-order valence-electron chi connectivity index (χ3n) is 5.07. The van der Waals surface area contributed by atoms with E-state index in [1.807, 2.05) is 20.9 Å². The molecule has 0 saturated carbocycles. The van der Waals surface area contributed by atoms with Crippen LogP contribution in [0, 0.1) is 5.92 Å². The van der Waals surface area contributed by atoms with E-state index in [2.05, 4.69) is 39.4 Å². The van der Waals surface area contributed by atoms with Crippen molar-refractivity contribution in [3.05, 3.63) is 35.4 Å². The van der Waals surface area contributed by atoms with Gasteiger partial charge in [0.15, 0.2) is 0 Å². The van der Waals surface area contributed by atoms with Crippen molar-refractivity contribution in [2.45, 2.75) is 46.2 Å². The Morgan fingerprint density at radius 1 is 1.00 bits per heavy atom. The molecule has 1 N–H and O–H groups in total. The molecule has 0 aliphatic carbocycles. The van der Waals surface area contributed by atoms with Crippen LogP contribution in [0.15, 0.2) is 24.3 Å². The molecular weight excluding hydrogens is 310 g/mol. The van der Waals surface area contributed by atoms with Crippen molar-refractivity contribution in [1.29, 1.82) is 0 Å². The molecule has 4 heteroatoms. The molecule has 25 heavy (non-hydrogen) atoms. The fourth-order valence-electron chi connectivity index (χ4n) is 3.32. The predicted molar refractivity (Wildman–Crippen MR) is 105 cm³/mol. The summed E-state index contributed by atoms with van der Waals surface area (Å²) in [6.07, 6.45) is 2.93. The quantitative estimate of drug-likeness (QED) is 0.662. The van der Waals surface area contributed by atoms with Gasteiger partial charge in [-0.1, -0.05) is 38.1 Å². The van der Waals surface area contributed by atoms with Gasteiger partial charge in [0.25, 0.3) is 0 Å². The summed E-state index contributed by atoms with van der Waals surface area (Å²) in [6.45, 7) is 11.7. The molecule has 1 aliphatic heterocycles. The third-order valence-corrected chi connectivity index (χ3v) is 5.07. The second-order valence-electron chi connectivity index (χ2n) is 7.54. The molecule has 2 rings (SSSR count). The average Bonchev–Trinajstić information content (AvgIpc) is 2.61. The van der Waals surface area contributed by atoms with Crippen molar-refractivity contribution in [2.75, 3.05) is 39.8 Å². The second kappa shape index (κ2) is 10.7. The summed E-state index contributed by atoms with van der Waals surface area (Å²) in [5.74, 6) is 0.599. The van der Waals surface area contributed by atoms with E-state index in [0.717, 1.165) is 65.1 Å². The van der Waals surface area contributed by atoms with Crippen LogP contribution in [0.4, 0.5) is 0 Å². The van der Waals surface area contributed by atoms with E-state index in [9.17, 15) is 4.79 Å². The maximum Gasteiger partial charge on any atom is 0.135 e. The summed E-state index contributed by atoms with van der Waals surface area (Å²) in [5.41, 5.74) is 2.74. The normalized spacial score (nSPS) is 16.5. The van der Waals surface area contributed by atoms with E-state index in [-0.39, 0.29) is 5.92 Å². The first-order chi connectivity index (χ1) is 12.1. The Morgan fingerprint density at radius 2 is 1.60 bits per heavy atom. The molecular formula is C21H35N3O. The number of Topliss-reactive ketones (excluding diaryl/α,β-unsaturated/α-hetero) is 1. The summed E-state index contributed by atoms with van der Waals surface area (Å²) in [7, 11) is 1.98. The number of carbonyl (C=O) groups excluding carboxylic acids is 1. The lowest BCUT2D eigenvalue weighted by atomic mass is 10.0. The maximum atomic E-state index is 11.6. The number of nitrogens with one attached hydrogen (secondary N) is 1. The van der Waals surface area contributed by atoms with Crippen molar-refractivity contribution in [3.63, 3.8) is 0 Å². The fraction of sp³-hybridized carbons (Fsp3) is 0.667. The first-order valence-corrected chi connectivity index (χ1v) is 9.78. The first-order valence-electron chi connectivity index (χ1n) is 9.78. The number of benzene rings is 1. The maximum absolute atomic E-state index is 11.6. The molecule has 4 nitrogen and oxygen atoms in total. The molecule has 0 atom stereocenters. The van der Waals surface area contributed by atoms with Gasteiger partial charge in [0.1, 0.15) is 5.78 Å². The minimum Gasteiger partial charge on any atom is -0.316 e. The van der Waals surface area contributed by atoms with Gasteiger partial charge in [0.05, 0.1) is 0 Å². The van der Waals surface area contributed by atoms with Crippen LogP contribution in [-0.2, 0) is 17.9 Å². The molecule has 0 bridgehead atoms. The zero-order valence-electron chi connectivity index (χ0n) is 16.3. The van der Waals surface area contributed by atoms with E-state index < -0.39 is 0 Å². The van der Waals surface area contributed by atoms with E-state index in [1.54, 1.807) is 0 Å². The van der Waals surface area contributed by atoms with Crippen molar-refractivity contribution >= 4 is 5.78 Å². The van der Waals surface area contributed by atoms with Crippen molar-refractivity contribution in [1.82, 2.24) is 15.1 Å². The highest BCUT2D eigenvalue weighted by Crippen LogP contribution is 2.11. The number of rotatable bonds is 10. The molecule has 0 amide bonds. The van der Waals surface area contributed by atoms with Crippen LogP contribution in [0.1, 0.15) is 44.2 Å². The predicted octanol–water partition coefficient (Wildman–Crippen LogP) is 2.92. The van der Waals surface area contributed by atoms with E-state index in [1.165, 1.54) is 11.1 Å². The Hall–Kier alpha value is -1.23. The molecule has 1 saturated heterocycles. The van der Waals surface area contributed by atoms with Crippen LogP contribution in [0.25, 0.3) is 0 Å². The highest BCUT2D eigenvalue weighted by Gasteiger charge is 2.16. The Bertz CT molecular complexity index is 504. The molecule has 0 radical (unpaired) electrons. The van der Waals surface area contributed by atoms with Gasteiger partial charge in [-0.15, -0.1) is 0 Å². The van der Waals surface area contributed by atoms with Gasteiger partial charge in [-0.05, 0) is 37.6 Å². The zero-order valence-corrected chi connectivity index (χ0v) is 16.3. The van der Waals surface area contributed by atoms with Gasteiger partial charge in [-0.3, -0.25) is 9.69 Å². The van der Waals surface area contributed by atoms with Crippen LogP contribution in [0.5, 0.6) is 0 Å². The van der Waals surface area contributed by atoms with Crippen LogP contribution in [-0.4, -0.2) is 55.4 Å². The molecule has 1 heterocycles. The van der Waals surface area contributed by atoms with E-state index in [0.29, 0.717) is 5.78 Å². The lowest BCUT2D eigenvalue weighted by Gasteiger charge is -2.34. The molecule has 1 aromatic rings. The number of nitrogens with zero attached hydrogens (tertiary/aromatic N) is 2. The Balaban J connectivity index is 1.62. The summed E-state index contributed by atoms with van der Waals surface area (Å²) < 4.78 is 0. The summed E-state index contributed by atoms with van der Waals surface area (Å²) in [6, 6.07) is 8.95. The number of carbonyl (C=O) groups is 1. The highest BCUT2D eigenvalue weighted by atomic mass is 16.1. The van der Waals surface area contributed by atoms with Gasteiger partial charge in [0, 0.05) is 51.6 Å². The highest BCUT2D eigenvalue weighted by molar-refractivity contribution is 5.80. The van der Waals surface area contributed by atoms with E-state index >= 15 is 0 Å². The number of hydrogen-bond donors (Lipinski definition) is 1. The monoisotopic (exact) mass is 345 g/mol. The van der Waals surface area contributed by atoms with Crippen molar-refractivity contribution in [2.24, 2.45) is 5.92 Å².